The van der Waals surface area contributed by atoms with Crippen molar-refractivity contribution in [3.05, 3.63) is 88.0 Å². The number of nitrogens with zero attached hydrogens (tertiary/aromatic N) is 2. The van der Waals surface area contributed by atoms with Crippen LogP contribution in [0.15, 0.2) is 70.6 Å². The zero-order chi connectivity index (χ0) is 25.9. The summed E-state index contributed by atoms with van der Waals surface area (Å²) in [6, 6.07) is 14.8. The Hall–Kier alpha value is -3.34. The number of aromatic nitrogens is 1. The first kappa shape index (κ1) is 25.7. The fraction of sp³-hybridized carbons (Fsp3) is 0.231. The number of aryl methyl sites for hydroxylation is 2. The van der Waals surface area contributed by atoms with Gasteiger partial charge in [0.1, 0.15) is 5.82 Å². The Balaban J connectivity index is 1.68. The van der Waals surface area contributed by atoms with Crippen molar-refractivity contribution in [2.45, 2.75) is 32.2 Å². The molecular formula is C26H26FN3O4S2. The largest absolute Gasteiger partial charge is 0.380 e. The lowest BCUT2D eigenvalue weighted by Crippen LogP contribution is -2.20. The van der Waals surface area contributed by atoms with Crippen LogP contribution < -0.4 is 9.52 Å². The third kappa shape index (κ3) is 5.72. The van der Waals surface area contributed by atoms with E-state index in [0.717, 1.165) is 33.5 Å². The van der Waals surface area contributed by atoms with Crippen molar-refractivity contribution >= 4 is 43.2 Å². The van der Waals surface area contributed by atoms with Crippen molar-refractivity contribution in [2.75, 3.05) is 17.9 Å². The van der Waals surface area contributed by atoms with E-state index in [1.165, 1.54) is 35.6 Å². The number of anilines is 1. The maximum Gasteiger partial charge on any atom is 0.279 e. The van der Waals surface area contributed by atoms with E-state index < -0.39 is 21.7 Å². The summed E-state index contributed by atoms with van der Waals surface area (Å²) in [7, 11) is -3.95. The fourth-order valence-electron chi connectivity index (χ4n) is 3.81. The van der Waals surface area contributed by atoms with Gasteiger partial charge in [0.05, 0.1) is 21.7 Å². The monoisotopic (exact) mass is 527 g/mol. The highest BCUT2D eigenvalue weighted by Crippen LogP contribution is 2.24. The lowest BCUT2D eigenvalue weighted by molar-refractivity contribution is 0.0996. The minimum Gasteiger partial charge on any atom is -0.380 e. The number of amides is 1. The number of rotatable bonds is 8. The number of sulfonamides is 1. The highest BCUT2D eigenvalue weighted by molar-refractivity contribution is 7.92. The van der Waals surface area contributed by atoms with Crippen LogP contribution >= 0.6 is 11.3 Å². The van der Waals surface area contributed by atoms with Gasteiger partial charge in [0.15, 0.2) is 4.80 Å². The van der Waals surface area contributed by atoms with E-state index in [0.29, 0.717) is 24.6 Å². The van der Waals surface area contributed by atoms with E-state index in [1.807, 2.05) is 25.3 Å². The molecule has 4 aromatic rings. The standard InChI is InChI=1S/C26H26FN3O4S2/c1-4-34-13-12-30-23-15-17(2)14-18(3)24(23)35-26(30)28-25(31)19-6-5-7-21(16-19)29-36(32,33)22-10-8-20(27)9-11-22/h5-11,14-16,29H,4,12-13H2,1-3H3. The SMILES string of the molecule is CCOCCn1c(=NC(=O)c2cccc(NS(=O)(=O)c3ccc(F)cc3)c2)sc2c(C)cc(C)cc21. The molecule has 0 saturated carbocycles. The van der Waals surface area contributed by atoms with Gasteiger partial charge in [0.2, 0.25) is 0 Å². The maximum absolute atomic E-state index is 13.2. The number of benzene rings is 3. The van der Waals surface area contributed by atoms with Gasteiger partial charge in [-0.15, -0.1) is 0 Å². The summed E-state index contributed by atoms with van der Waals surface area (Å²) in [5.41, 5.74) is 3.64. The molecule has 7 nitrogen and oxygen atoms in total. The summed E-state index contributed by atoms with van der Waals surface area (Å²) in [6.45, 7) is 7.60. The first-order valence-electron chi connectivity index (χ1n) is 11.3. The number of carbonyl (C=O) groups excluding carboxylic acids is 1. The zero-order valence-electron chi connectivity index (χ0n) is 20.1. The molecule has 1 N–H and O–H groups in total. The minimum absolute atomic E-state index is 0.0865. The molecule has 1 aromatic heterocycles. The van der Waals surface area contributed by atoms with Crippen molar-refractivity contribution in [2.24, 2.45) is 4.99 Å². The molecule has 0 aliphatic rings. The highest BCUT2D eigenvalue weighted by Gasteiger charge is 2.16. The van der Waals surface area contributed by atoms with Crippen LogP contribution in [0, 0.1) is 19.7 Å². The molecule has 0 saturated heterocycles. The predicted octanol–water partition coefficient (Wildman–Crippen LogP) is 5.04. The van der Waals surface area contributed by atoms with Crippen LogP contribution in [0.3, 0.4) is 0 Å². The van der Waals surface area contributed by atoms with Crippen LogP contribution in [-0.4, -0.2) is 32.1 Å². The van der Waals surface area contributed by atoms with E-state index in [-0.39, 0.29) is 16.1 Å². The lowest BCUT2D eigenvalue weighted by Gasteiger charge is -2.09. The molecule has 4 rings (SSSR count). The Kier molecular flexibility index (Phi) is 7.67. The summed E-state index contributed by atoms with van der Waals surface area (Å²) < 4.78 is 49.5. The van der Waals surface area contributed by atoms with E-state index in [2.05, 4.69) is 21.8 Å². The second-order valence-electron chi connectivity index (χ2n) is 8.22. The van der Waals surface area contributed by atoms with Gasteiger partial charge in [-0.1, -0.05) is 23.5 Å². The van der Waals surface area contributed by atoms with Gasteiger partial charge < -0.3 is 9.30 Å². The molecule has 0 fully saturated rings. The smallest absolute Gasteiger partial charge is 0.279 e. The van der Waals surface area contributed by atoms with Gasteiger partial charge in [-0.3, -0.25) is 9.52 Å². The third-order valence-electron chi connectivity index (χ3n) is 5.46. The van der Waals surface area contributed by atoms with Crippen molar-refractivity contribution in [3.8, 4) is 0 Å². The van der Waals surface area contributed by atoms with Crippen LogP contribution in [0.5, 0.6) is 0 Å². The molecule has 0 unspecified atom stereocenters. The molecule has 0 spiro atoms. The molecule has 0 radical (unpaired) electrons. The average molecular weight is 528 g/mol. The molecule has 10 heteroatoms. The van der Waals surface area contributed by atoms with Gasteiger partial charge >= 0.3 is 0 Å². The zero-order valence-corrected chi connectivity index (χ0v) is 21.7. The topological polar surface area (TPSA) is 89.8 Å². The third-order valence-corrected chi connectivity index (χ3v) is 8.09. The van der Waals surface area contributed by atoms with Crippen LogP contribution in [0.2, 0.25) is 0 Å². The quantitative estimate of drug-likeness (QED) is 0.325. The molecule has 188 valence electrons. The maximum atomic E-state index is 13.2. The number of carbonyl (C=O) groups is 1. The molecule has 36 heavy (non-hydrogen) atoms. The Morgan fingerprint density at radius 3 is 2.58 bits per heavy atom. The number of fused-ring (bicyclic) bond motifs is 1. The van der Waals surface area contributed by atoms with Crippen molar-refractivity contribution in [3.63, 3.8) is 0 Å². The number of thiazole rings is 1. The first-order valence-corrected chi connectivity index (χ1v) is 13.6. The summed E-state index contributed by atoms with van der Waals surface area (Å²) in [4.78, 5) is 18.0. The Morgan fingerprint density at radius 1 is 1.11 bits per heavy atom. The van der Waals surface area contributed by atoms with Crippen molar-refractivity contribution in [1.29, 1.82) is 0 Å². The molecule has 0 aliphatic carbocycles. The number of hydrogen-bond donors (Lipinski definition) is 1. The first-order chi connectivity index (χ1) is 17.2. The van der Waals surface area contributed by atoms with E-state index in [9.17, 15) is 17.6 Å². The number of hydrogen-bond acceptors (Lipinski definition) is 5. The van der Waals surface area contributed by atoms with Crippen molar-refractivity contribution in [1.82, 2.24) is 4.57 Å². The van der Waals surface area contributed by atoms with Crippen LogP contribution in [0.4, 0.5) is 10.1 Å². The second-order valence-corrected chi connectivity index (χ2v) is 10.9. The van der Waals surface area contributed by atoms with Gasteiger partial charge in [-0.2, -0.15) is 4.99 Å². The van der Waals surface area contributed by atoms with Gasteiger partial charge in [-0.25, -0.2) is 12.8 Å². The molecule has 1 heterocycles. The lowest BCUT2D eigenvalue weighted by atomic mass is 10.1. The van der Waals surface area contributed by atoms with Crippen LogP contribution in [0.1, 0.15) is 28.4 Å². The predicted molar refractivity (Wildman–Crippen MR) is 139 cm³/mol. The van der Waals surface area contributed by atoms with Gasteiger partial charge in [-0.05, 0) is 80.4 Å². The average Bonchev–Trinajstić information content (AvgIpc) is 3.16. The van der Waals surface area contributed by atoms with Crippen LogP contribution in [-0.2, 0) is 21.3 Å². The van der Waals surface area contributed by atoms with E-state index >= 15 is 0 Å². The molecule has 0 atom stereocenters. The Bertz CT molecular complexity index is 1590. The molecule has 0 bridgehead atoms. The van der Waals surface area contributed by atoms with Gasteiger partial charge in [0.25, 0.3) is 15.9 Å². The highest BCUT2D eigenvalue weighted by atomic mass is 32.2. The summed E-state index contributed by atoms with van der Waals surface area (Å²) in [6.07, 6.45) is 0. The molecule has 1 amide bonds. The number of halogens is 1. The van der Waals surface area contributed by atoms with Crippen LogP contribution in [0.25, 0.3) is 10.2 Å². The Labute approximate surface area is 212 Å². The minimum atomic E-state index is -3.95. The Morgan fingerprint density at radius 2 is 1.86 bits per heavy atom. The van der Waals surface area contributed by atoms with Gasteiger partial charge in [0, 0.05) is 24.4 Å². The second kappa shape index (κ2) is 10.7. The van der Waals surface area contributed by atoms with E-state index in [4.69, 9.17) is 4.74 Å². The summed E-state index contributed by atoms with van der Waals surface area (Å²) in [5, 5.41) is 0. The van der Waals surface area contributed by atoms with Crippen molar-refractivity contribution < 1.29 is 22.3 Å². The molecule has 3 aromatic carbocycles. The number of ether oxygens (including phenoxy) is 1. The fourth-order valence-corrected chi connectivity index (χ4v) is 5.96. The summed E-state index contributed by atoms with van der Waals surface area (Å²) >= 11 is 1.43. The van der Waals surface area contributed by atoms with E-state index in [1.54, 1.807) is 12.1 Å². The normalized spacial score (nSPS) is 12.3. The number of nitrogens with one attached hydrogen (secondary N) is 1. The summed E-state index contributed by atoms with van der Waals surface area (Å²) in [5.74, 6) is -1.03. The molecular weight excluding hydrogens is 501 g/mol. The molecule has 0 aliphatic heterocycles.